The largest absolute Gasteiger partial charge is 0.483 e. The van der Waals surface area contributed by atoms with E-state index >= 15 is 0 Å². The summed E-state index contributed by atoms with van der Waals surface area (Å²) in [6, 6.07) is 5.38. The van der Waals surface area contributed by atoms with Crippen molar-refractivity contribution in [3.63, 3.8) is 0 Å². The molecule has 0 aliphatic carbocycles. The zero-order valence-corrected chi connectivity index (χ0v) is 13.9. The summed E-state index contributed by atoms with van der Waals surface area (Å²) in [7, 11) is 3.30. The van der Waals surface area contributed by atoms with Crippen LogP contribution in [0.5, 0.6) is 5.75 Å². The van der Waals surface area contributed by atoms with Gasteiger partial charge in [0.15, 0.2) is 6.61 Å². The van der Waals surface area contributed by atoms with Crippen LogP contribution in [0.3, 0.4) is 0 Å². The number of nitrogens with zero attached hydrogens (tertiary/aromatic N) is 1. The van der Waals surface area contributed by atoms with Gasteiger partial charge in [-0.05, 0) is 37.1 Å². The van der Waals surface area contributed by atoms with Gasteiger partial charge in [-0.25, -0.2) is 0 Å². The Morgan fingerprint density at radius 1 is 1.41 bits per heavy atom. The van der Waals surface area contributed by atoms with Gasteiger partial charge in [-0.15, -0.1) is 0 Å². The topological polar surface area (TPSA) is 48.0 Å². The summed E-state index contributed by atoms with van der Waals surface area (Å²) in [6.45, 7) is 2.98. The van der Waals surface area contributed by atoms with E-state index in [2.05, 4.69) is 0 Å². The summed E-state index contributed by atoms with van der Waals surface area (Å²) in [5.41, 5.74) is 0.907. The summed E-state index contributed by atoms with van der Waals surface area (Å²) < 4.78 is 16.2. The van der Waals surface area contributed by atoms with Crippen LogP contribution in [0.2, 0.25) is 5.02 Å². The van der Waals surface area contributed by atoms with Crippen LogP contribution in [0.4, 0.5) is 0 Å². The first-order valence-electron chi connectivity index (χ1n) is 7.25. The molecule has 1 heterocycles. The van der Waals surface area contributed by atoms with E-state index in [-0.39, 0.29) is 24.7 Å². The molecule has 0 aromatic heterocycles. The minimum atomic E-state index is -0.0593. The van der Waals surface area contributed by atoms with Crippen LogP contribution in [-0.4, -0.2) is 56.9 Å². The second-order valence-electron chi connectivity index (χ2n) is 5.45. The number of benzene rings is 1. The second kappa shape index (κ2) is 7.81. The number of aryl methyl sites for hydroxylation is 1. The van der Waals surface area contributed by atoms with Crippen molar-refractivity contribution in [1.29, 1.82) is 0 Å². The number of likely N-dealkylation sites (tertiary alicyclic amines) is 1. The monoisotopic (exact) mass is 327 g/mol. The van der Waals surface area contributed by atoms with Crippen LogP contribution in [-0.2, 0) is 14.3 Å². The molecule has 0 spiro atoms. The molecule has 22 heavy (non-hydrogen) atoms. The Hall–Kier alpha value is -1.30. The highest BCUT2D eigenvalue weighted by molar-refractivity contribution is 6.30. The van der Waals surface area contributed by atoms with E-state index in [1.807, 2.05) is 13.0 Å². The van der Waals surface area contributed by atoms with Gasteiger partial charge < -0.3 is 19.1 Å². The number of methoxy groups -OCH3 is 2. The standard InChI is InChI=1S/C16H22ClNO4/c1-11-6-12(17)4-5-15(11)22-10-16(19)18-8-14(21-3)7-13(18)9-20-2/h4-6,13-14H,7-10H2,1-3H3/t13-,14+/m0/s1. The highest BCUT2D eigenvalue weighted by Gasteiger charge is 2.35. The molecule has 1 amide bonds. The summed E-state index contributed by atoms with van der Waals surface area (Å²) in [5, 5.41) is 0.652. The number of carbonyl (C=O) groups excluding carboxylic acids is 1. The van der Waals surface area contributed by atoms with Crippen molar-refractivity contribution in [3.05, 3.63) is 28.8 Å². The first-order chi connectivity index (χ1) is 10.5. The Labute approximate surface area is 136 Å². The molecule has 1 aromatic carbocycles. The van der Waals surface area contributed by atoms with Crippen LogP contribution < -0.4 is 4.74 Å². The van der Waals surface area contributed by atoms with Gasteiger partial charge in [-0.2, -0.15) is 0 Å². The third-order valence-electron chi connectivity index (χ3n) is 3.88. The fourth-order valence-corrected chi connectivity index (χ4v) is 2.92. The first-order valence-corrected chi connectivity index (χ1v) is 7.63. The predicted molar refractivity (Wildman–Crippen MR) is 84.5 cm³/mol. The van der Waals surface area contributed by atoms with E-state index in [1.165, 1.54) is 0 Å². The van der Waals surface area contributed by atoms with Gasteiger partial charge in [0.1, 0.15) is 5.75 Å². The minimum Gasteiger partial charge on any atom is -0.483 e. The molecule has 122 valence electrons. The van der Waals surface area contributed by atoms with Gasteiger partial charge in [0.2, 0.25) is 0 Å². The molecule has 0 bridgehead atoms. The maximum Gasteiger partial charge on any atom is 0.260 e. The number of hydrogen-bond donors (Lipinski definition) is 0. The molecule has 5 nitrogen and oxygen atoms in total. The summed E-state index contributed by atoms with van der Waals surface area (Å²) in [4.78, 5) is 14.2. The molecule has 0 saturated carbocycles. The fourth-order valence-electron chi connectivity index (χ4n) is 2.70. The normalized spacial score (nSPS) is 21.2. The summed E-state index contributed by atoms with van der Waals surface area (Å²) >= 11 is 5.91. The average Bonchev–Trinajstić information content (AvgIpc) is 2.90. The molecule has 0 N–H and O–H groups in total. The summed E-state index contributed by atoms with van der Waals surface area (Å²) in [5.74, 6) is 0.611. The molecular weight excluding hydrogens is 306 g/mol. The van der Waals surface area contributed by atoms with E-state index in [1.54, 1.807) is 31.3 Å². The lowest BCUT2D eigenvalue weighted by Crippen LogP contribution is -2.41. The quantitative estimate of drug-likeness (QED) is 0.804. The van der Waals surface area contributed by atoms with Gasteiger partial charge in [-0.1, -0.05) is 11.6 Å². The van der Waals surface area contributed by atoms with Crippen LogP contribution in [0.25, 0.3) is 0 Å². The fraction of sp³-hybridized carbons (Fsp3) is 0.562. The number of hydrogen-bond acceptors (Lipinski definition) is 4. The Kier molecular flexibility index (Phi) is 6.06. The van der Waals surface area contributed by atoms with Crippen LogP contribution in [0, 0.1) is 6.92 Å². The van der Waals surface area contributed by atoms with E-state index in [0.29, 0.717) is 23.9 Å². The van der Waals surface area contributed by atoms with Crippen LogP contribution in [0.15, 0.2) is 18.2 Å². The molecule has 1 saturated heterocycles. The Balaban J connectivity index is 1.95. The van der Waals surface area contributed by atoms with Gasteiger partial charge >= 0.3 is 0 Å². The van der Waals surface area contributed by atoms with Crippen molar-refractivity contribution < 1.29 is 19.0 Å². The van der Waals surface area contributed by atoms with Crippen molar-refractivity contribution >= 4 is 17.5 Å². The van der Waals surface area contributed by atoms with Crippen molar-refractivity contribution in [2.75, 3.05) is 34.0 Å². The van der Waals surface area contributed by atoms with Crippen molar-refractivity contribution in [3.8, 4) is 5.75 Å². The van der Waals surface area contributed by atoms with E-state index in [9.17, 15) is 4.79 Å². The van der Waals surface area contributed by atoms with Crippen LogP contribution in [0.1, 0.15) is 12.0 Å². The molecule has 2 atom stereocenters. The number of rotatable bonds is 6. The molecule has 0 radical (unpaired) electrons. The van der Waals surface area contributed by atoms with Gasteiger partial charge in [0.05, 0.1) is 18.8 Å². The number of ether oxygens (including phenoxy) is 3. The van der Waals surface area contributed by atoms with E-state index in [4.69, 9.17) is 25.8 Å². The van der Waals surface area contributed by atoms with Crippen molar-refractivity contribution in [2.24, 2.45) is 0 Å². The molecule has 1 fully saturated rings. The molecule has 6 heteroatoms. The Morgan fingerprint density at radius 3 is 2.82 bits per heavy atom. The zero-order chi connectivity index (χ0) is 16.1. The molecule has 1 aliphatic heterocycles. The maximum atomic E-state index is 12.4. The van der Waals surface area contributed by atoms with Gasteiger partial charge in [0, 0.05) is 25.8 Å². The number of amides is 1. The lowest BCUT2D eigenvalue weighted by molar-refractivity contribution is -0.135. The average molecular weight is 328 g/mol. The summed E-state index contributed by atoms with van der Waals surface area (Å²) in [6.07, 6.45) is 0.845. The maximum absolute atomic E-state index is 12.4. The highest BCUT2D eigenvalue weighted by Crippen LogP contribution is 2.23. The Morgan fingerprint density at radius 2 is 2.18 bits per heavy atom. The van der Waals surface area contributed by atoms with Crippen molar-refractivity contribution in [1.82, 2.24) is 4.90 Å². The number of carbonyl (C=O) groups is 1. The van der Waals surface area contributed by atoms with E-state index < -0.39 is 0 Å². The van der Waals surface area contributed by atoms with E-state index in [0.717, 1.165) is 12.0 Å². The highest BCUT2D eigenvalue weighted by atomic mass is 35.5. The lowest BCUT2D eigenvalue weighted by Gasteiger charge is -2.24. The van der Waals surface area contributed by atoms with Crippen LogP contribution >= 0.6 is 11.6 Å². The first kappa shape index (κ1) is 17.1. The molecule has 2 rings (SSSR count). The molecule has 0 unspecified atom stereocenters. The van der Waals surface area contributed by atoms with Gasteiger partial charge in [0.25, 0.3) is 5.91 Å². The minimum absolute atomic E-state index is 0.000872. The molecule has 1 aliphatic rings. The third kappa shape index (κ3) is 4.12. The lowest BCUT2D eigenvalue weighted by atomic mass is 10.2. The molecule has 1 aromatic rings. The smallest absolute Gasteiger partial charge is 0.260 e. The third-order valence-corrected chi connectivity index (χ3v) is 4.11. The zero-order valence-electron chi connectivity index (χ0n) is 13.2. The van der Waals surface area contributed by atoms with Crippen molar-refractivity contribution in [2.45, 2.75) is 25.5 Å². The number of halogens is 1. The SMILES string of the molecule is COC[C@@H]1C[C@@H](OC)CN1C(=O)COc1ccc(Cl)cc1C. The molecular formula is C16H22ClNO4. The predicted octanol–water partition coefficient (Wildman–Crippen LogP) is 2.29. The second-order valence-corrected chi connectivity index (χ2v) is 5.88. The van der Waals surface area contributed by atoms with Gasteiger partial charge in [-0.3, -0.25) is 4.79 Å². The Bertz CT molecular complexity index is 523.